The monoisotopic (exact) mass is 316 g/mol. The second-order valence-corrected chi connectivity index (χ2v) is 4.52. The number of hydrogen-bond donors (Lipinski definition) is 3. The summed E-state index contributed by atoms with van der Waals surface area (Å²) < 4.78 is 28.0. The Hall–Kier alpha value is -3.36. The number of primary amides is 1. The second-order valence-electron chi connectivity index (χ2n) is 4.52. The molecule has 4 N–H and O–H groups in total. The van der Waals surface area contributed by atoms with Crippen LogP contribution in [0.15, 0.2) is 30.6 Å². The minimum atomic E-state index is -2.65. The summed E-state index contributed by atoms with van der Waals surface area (Å²) in [5.41, 5.74) is 6.03. The SMILES string of the molecule is [2H]C([2H])([2H])Oc1ncccc1Nc1cc(NC)n2ncc(C(N)=O)c2n1. The molecular weight excluding hydrogens is 298 g/mol. The lowest BCUT2D eigenvalue weighted by Crippen LogP contribution is -2.12. The van der Waals surface area contributed by atoms with Gasteiger partial charge in [-0.2, -0.15) is 9.61 Å². The van der Waals surface area contributed by atoms with Gasteiger partial charge in [-0.15, -0.1) is 0 Å². The number of fused-ring (bicyclic) bond motifs is 1. The zero-order chi connectivity index (χ0) is 18.9. The number of pyridine rings is 1. The number of anilines is 3. The maximum atomic E-state index is 11.6. The number of carbonyl (C=O) groups excluding carboxylic acids is 1. The van der Waals surface area contributed by atoms with E-state index in [2.05, 4.69) is 25.7 Å². The summed E-state index contributed by atoms with van der Waals surface area (Å²) in [6.07, 6.45) is 2.73. The van der Waals surface area contributed by atoms with Crippen molar-refractivity contribution in [2.75, 3.05) is 24.7 Å². The van der Waals surface area contributed by atoms with E-state index in [9.17, 15) is 4.79 Å². The third kappa shape index (κ3) is 2.59. The van der Waals surface area contributed by atoms with Crippen LogP contribution in [0.1, 0.15) is 14.5 Å². The first-order chi connectivity index (χ1) is 12.3. The van der Waals surface area contributed by atoms with Gasteiger partial charge >= 0.3 is 0 Å². The van der Waals surface area contributed by atoms with Gasteiger partial charge in [0.2, 0.25) is 5.88 Å². The van der Waals surface area contributed by atoms with E-state index in [0.717, 1.165) is 0 Å². The second kappa shape index (κ2) is 5.79. The number of aromatic nitrogens is 4. The Morgan fingerprint density at radius 1 is 1.52 bits per heavy atom. The van der Waals surface area contributed by atoms with Crippen LogP contribution in [-0.4, -0.2) is 39.6 Å². The van der Waals surface area contributed by atoms with Crippen molar-refractivity contribution in [3.63, 3.8) is 0 Å². The van der Waals surface area contributed by atoms with E-state index in [1.54, 1.807) is 25.2 Å². The van der Waals surface area contributed by atoms with Crippen LogP contribution in [-0.2, 0) is 0 Å². The van der Waals surface area contributed by atoms with E-state index in [1.807, 2.05) is 0 Å². The highest BCUT2D eigenvalue weighted by Gasteiger charge is 2.15. The van der Waals surface area contributed by atoms with Crippen molar-refractivity contribution in [2.45, 2.75) is 0 Å². The molecule has 3 aromatic heterocycles. The van der Waals surface area contributed by atoms with Gasteiger partial charge in [0.05, 0.1) is 17.3 Å². The zero-order valence-electron chi connectivity index (χ0n) is 15.1. The van der Waals surface area contributed by atoms with Crippen molar-refractivity contribution < 1.29 is 13.6 Å². The number of methoxy groups -OCH3 is 1. The third-order valence-electron chi connectivity index (χ3n) is 3.12. The normalized spacial score (nSPS) is 13.0. The molecule has 0 fully saturated rings. The van der Waals surface area contributed by atoms with Crippen LogP contribution in [0.3, 0.4) is 0 Å². The molecule has 3 aromatic rings. The molecule has 118 valence electrons. The summed E-state index contributed by atoms with van der Waals surface area (Å²) in [6.45, 7) is 0. The first kappa shape index (κ1) is 11.2. The molecule has 0 saturated carbocycles. The largest absolute Gasteiger partial charge is 0.480 e. The molecule has 1 amide bonds. The molecule has 3 rings (SSSR count). The number of ether oxygens (including phenoxy) is 1. The Morgan fingerprint density at radius 2 is 2.39 bits per heavy atom. The number of hydrogen-bond acceptors (Lipinski definition) is 7. The maximum Gasteiger partial charge on any atom is 0.254 e. The molecule has 0 unspecified atom stereocenters. The number of nitrogens with two attached hydrogens (primary N) is 1. The first-order valence-electron chi connectivity index (χ1n) is 8.06. The smallest absolute Gasteiger partial charge is 0.254 e. The average Bonchev–Trinajstić information content (AvgIpc) is 2.98. The Balaban J connectivity index is 2.04. The molecule has 0 bridgehead atoms. The fourth-order valence-electron chi connectivity index (χ4n) is 2.08. The number of rotatable bonds is 5. The van der Waals surface area contributed by atoms with Crippen LogP contribution in [0.5, 0.6) is 5.88 Å². The Labute approximate surface area is 135 Å². The Bertz CT molecular complexity index is 971. The molecule has 0 aliphatic rings. The van der Waals surface area contributed by atoms with Gasteiger partial charge in [0, 0.05) is 19.3 Å². The van der Waals surface area contributed by atoms with Crippen molar-refractivity contribution in [1.29, 1.82) is 0 Å². The van der Waals surface area contributed by atoms with Crippen LogP contribution in [0.2, 0.25) is 0 Å². The summed E-state index contributed by atoms with van der Waals surface area (Å²) in [4.78, 5) is 19.8. The van der Waals surface area contributed by atoms with Gasteiger partial charge in [-0.1, -0.05) is 0 Å². The molecule has 0 spiro atoms. The van der Waals surface area contributed by atoms with Crippen molar-refractivity contribution in [2.24, 2.45) is 5.73 Å². The lowest BCUT2D eigenvalue weighted by Gasteiger charge is -2.11. The lowest BCUT2D eigenvalue weighted by atomic mass is 10.3. The predicted octanol–water partition coefficient (Wildman–Crippen LogP) is 1.02. The zero-order valence-corrected chi connectivity index (χ0v) is 12.1. The number of nitrogens with zero attached hydrogens (tertiary/aromatic N) is 4. The van der Waals surface area contributed by atoms with Gasteiger partial charge in [0.15, 0.2) is 5.65 Å². The van der Waals surface area contributed by atoms with Gasteiger partial charge in [-0.05, 0) is 12.1 Å². The van der Waals surface area contributed by atoms with E-state index >= 15 is 0 Å². The molecule has 0 aromatic carbocycles. The summed E-state index contributed by atoms with van der Waals surface area (Å²) in [7, 11) is -0.972. The molecular formula is C14H15N7O2. The molecule has 9 nitrogen and oxygen atoms in total. The van der Waals surface area contributed by atoms with Gasteiger partial charge < -0.3 is 21.1 Å². The summed E-state index contributed by atoms with van der Waals surface area (Å²) in [6, 6.07) is 4.82. The lowest BCUT2D eigenvalue weighted by molar-refractivity contribution is 0.100. The van der Waals surface area contributed by atoms with Gasteiger partial charge in [0.25, 0.3) is 5.91 Å². The topological polar surface area (TPSA) is 119 Å². The highest BCUT2D eigenvalue weighted by Crippen LogP contribution is 2.26. The van der Waals surface area contributed by atoms with Gasteiger partial charge in [-0.25, -0.2) is 9.97 Å². The Morgan fingerprint density at radius 3 is 3.13 bits per heavy atom. The molecule has 0 radical (unpaired) electrons. The summed E-state index contributed by atoms with van der Waals surface area (Å²) in [5.74, 6) is 0.0729. The maximum absolute atomic E-state index is 11.6. The first-order valence-corrected chi connectivity index (χ1v) is 6.56. The van der Waals surface area contributed by atoms with E-state index in [4.69, 9.17) is 14.6 Å². The van der Waals surface area contributed by atoms with Crippen LogP contribution < -0.4 is 21.1 Å². The minimum Gasteiger partial charge on any atom is -0.480 e. The fraction of sp³-hybridized carbons (Fsp3) is 0.143. The van der Waals surface area contributed by atoms with Crippen molar-refractivity contribution in [1.82, 2.24) is 19.6 Å². The summed E-state index contributed by atoms with van der Waals surface area (Å²) in [5, 5.41) is 9.95. The Kier molecular flexibility index (Phi) is 2.83. The van der Waals surface area contributed by atoms with E-state index < -0.39 is 12.9 Å². The van der Waals surface area contributed by atoms with E-state index in [0.29, 0.717) is 17.3 Å². The van der Waals surface area contributed by atoms with Crippen molar-refractivity contribution in [3.8, 4) is 5.88 Å². The van der Waals surface area contributed by atoms with Gasteiger partial charge in [-0.3, -0.25) is 4.79 Å². The highest BCUT2D eigenvalue weighted by molar-refractivity contribution is 5.99. The average molecular weight is 316 g/mol. The van der Waals surface area contributed by atoms with Crippen LogP contribution >= 0.6 is 0 Å². The number of nitrogens with one attached hydrogen (secondary N) is 2. The predicted molar refractivity (Wildman–Crippen MR) is 85.1 cm³/mol. The van der Waals surface area contributed by atoms with Crippen molar-refractivity contribution >= 4 is 28.9 Å². The number of amides is 1. The fourth-order valence-corrected chi connectivity index (χ4v) is 2.08. The summed E-state index contributed by atoms with van der Waals surface area (Å²) >= 11 is 0. The third-order valence-corrected chi connectivity index (χ3v) is 3.12. The molecule has 0 aliphatic carbocycles. The van der Waals surface area contributed by atoms with Crippen molar-refractivity contribution in [3.05, 3.63) is 36.2 Å². The van der Waals surface area contributed by atoms with E-state index in [1.165, 1.54) is 16.9 Å². The molecule has 0 saturated heterocycles. The highest BCUT2D eigenvalue weighted by atomic mass is 16.5. The van der Waals surface area contributed by atoms with Crippen LogP contribution in [0.25, 0.3) is 5.65 Å². The van der Waals surface area contributed by atoms with Crippen LogP contribution in [0.4, 0.5) is 17.3 Å². The van der Waals surface area contributed by atoms with Crippen LogP contribution in [0, 0.1) is 0 Å². The van der Waals surface area contributed by atoms with E-state index in [-0.39, 0.29) is 17.1 Å². The molecule has 0 aliphatic heterocycles. The minimum absolute atomic E-state index is 0.108. The quantitative estimate of drug-likeness (QED) is 0.642. The molecule has 23 heavy (non-hydrogen) atoms. The molecule has 3 heterocycles. The molecule has 0 atom stereocenters. The molecule has 9 heteroatoms. The van der Waals surface area contributed by atoms with Gasteiger partial charge in [0.1, 0.15) is 22.9 Å². The number of carbonyl (C=O) groups is 1. The standard InChI is InChI=1S/C14H15N7O2/c1-16-11-6-10(19-9-4-3-5-17-14(9)23-2)20-13-8(12(15)22)7-18-21(11)13/h3-7,16H,1-2H3,(H2,15,22)(H,19,20)/i2D3.